The molecule has 0 aromatic heterocycles. The maximum Gasteiger partial charge on any atom is 0.242 e. The Morgan fingerprint density at radius 2 is 1.94 bits per heavy atom. The van der Waals surface area contributed by atoms with Gasteiger partial charge in [0.1, 0.15) is 4.90 Å². The Labute approximate surface area is 122 Å². The normalized spacial score (nSPS) is 13.9. The summed E-state index contributed by atoms with van der Waals surface area (Å²) in [6.07, 6.45) is 0. The summed E-state index contributed by atoms with van der Waals surface area (Å²) in [6, 6.07) is 4.73. The van der Waals surface area contributed by atoms with Crippen LogP contribution in [0.15, 0.2) is 27.6 Å². The molecule has 1 aromatic carbocycles. The van der Waals surface area contributed by atoms with E-state index in [0.717, 1.165) is 4.47 Å². The number of hydrogen-bond donors (Lipinski definition) is 1. The van der Waals surface area contributed by atoms with E-state index in [1.807, 2.05) is 6.92 Å². The van der Waals surface area contributed by atoms with Crippen molar-refractivity contribution < 1.29 is 8.42 Å². The van der Waals surface area contributed by atoms with E-state index >= 15 is 0 Å². The third kappa shape index (κ3) is 4.23. The molecule has 18 heavy (non-hydrogen) atoms. The molecule has 102 valence electrons. The maximum atomic E-state index is 12.1. The van der Waals surface area contributed by atoms with Crippen LogP contribution in [0.2, 0.25) is 5.02 Å². The topological polar surface area (TPSA) is 46.2 Å². The Morgan fingerprint density at radius 1 is 1.33 bits per heavy atom. The number of rotatable bonds is 5. The minimum absolute atomic E-state index is 0.114. The summed E-state index contributed by atoms with van der Waals surface area (Å²) in [5.41, 5.74) is 0. The molecule has 1 unspecified atom stereocenters. The Hall–Kier alpha value is -0.100. The molecule has 1 aromatic rings. The third-order valence-corrected chi connectivity index (χ3v) is 5.32. The van der Waals surface area contributed by atoms with E-state index in [-0.39, 0.29) is 15.8 Å². The Bertz CT molecular complexity index is 517. The van der Waals surface area contributed by atoms with Gasteiger partial charge in [-0.1, -0.05) is 48.3 Å². The predicted molar refractivity (Wildman–Crippen MR) is 78.3 cm³/mol. The first kappa shape index (κ1) is 16.0. The van der Waals surface area contributed by atoms with Crippen LogP contribution in [-0.4, -0.2) is 15.0 Å². The van der Waals surface area contributed by atoms with E-state index in [1.165, 1.54) is 6.07 Å². The average Bonchev–Trinajstić information content (AvgIpc) is 2.25. The lowest BCUT2D eigenvalue weighted by Gasteiger charge is -2.16. The second-order valence-electron chi connectivity index (χ2n) is 4.65. The monoisotopic (exact) mass is 353 g/mol. The van der Waals surface area contributed by atoms with Crippen LogP contribution >= 0.6 is 27.5 Å². The molecular formula is C12H17BrClNO2S. The van der Waals surface area contributed by atoms with Gasteiger partial charge in [-0.05, 0) is 30.0 Å². The van der Waals surface area contributed by atoms with Crippen LogP contribution in [0.4, 0.5) is 0 Å². The van der Waals surface area contributed by atoms with Crippen molar-refractivity contribution >= 4 is 37.6 Å². The fourth-order valence-corrected chi connectivity index (χ4v) is 3.43. The van der Waals surface area contributed by atoms with Crippen molar-refractivity contribution in [1.82, 2.24) is 4.72 Å². The van der Waals surface area contributed by atoms with Crippen molar-refractivity contribution in [3.05, 3.63) is 27.7 Å². The molecule has 3 nitrogen and oxygen atoms in total. The summed E-state index contributed by atoms with van der Waals surface area (Å²) in [5.74, 6) is 0.696. The first-order valence-electron chi connectivity index (χ1n) is 5.68. The highest BCUT2D eigenvalue weighted by Crippen LogP contribution is 2.25. The Kier molecular flexibility index (Phi) is 5.65. The van der Waals surface area contributed by atoms with E-state index < -0.39 is 10.0 Å². The summed E-state index contributed by atoms with van der Waals surface area (Å²) >= 11 is 9.19. The average molecular weight is 355 g/mol. The lowest BCUT2D eigenvalue weighted by molar-refractivity contribution is 0.414. The summed E-state index contributed by atoms with van der Waals surface area (Å²) in [5, 5.41) is 0.217. The third-order valence-electron chi connectivity index (χ3n) is 2.92. The Morgan fingerprint density at radius 3 is 2.44 bits per heavy atom. The predicted octanol–water partition coefficient (Wildman–Crippen LogP) is 3.67. The molecule has 0 bridgehead atoms. The fraction of sp³-hybridized carbons (Fsp3) is 0.500. The quantitative estimate of drug-likeness (QED) is 0.877. The van der Waals surface area contributed by atoms with E-state index in [1.54, 1.807) is 12.1 Å². The maximum absolute atomic E-state index is 12.1. The van der Waals surface area contributed by atoms with Crippen LogP contribution in [0.1, 0.15) is 20.8 Å². The van der Waals surface area contributed by atoms with Gasteiger partial charge in [-0.3, -0.25) is 0 Å². The zero-order valence-electron chi connectivity index (χ0n) is 10.6. The van der Waals surface area contributed by atoms with Gasteiger partial charge in [0.05, 0.1) is 5.02 Å². The lowest BCUT2D eigenvalue weighted by atomic mass is 9.99. The molecule has 0 radical (unpaired) electrons. The Balaban J connectivity index is 2.87. The molecule has 0 saturated heterocycles. The van der Waals surface area contributed by atoms with Gasteiger partial charge in [-0.25, -0.2) is 13.1 Å². The van der Waals surface area contributed by atoms with Crippen molar-refractivity contribution in [2.24, 2.45) is 11.8 Å². The highest BCUT2D eigenvalue weighted by molar-refractivity contribution is 9.10. The molecule has 1 atom stereocenters. The molecule has 1 N–H and O–H groups in total. The molecule has 0 aliphatic carbocycles. The van der Waals surface area contributed by atoms with Gasteiger partial charge in [0, 0.05) is 11.0 Å². The SMILES string of the molecule is CC(C)C(C)CNS(=O)(=O)c1ccc(Br)cc1Cl. The van der Waals surface area contributed by atoms with Crippen molar-refractivity contribution in [2.45, 2.75) is 25.7 Å². The van der Waals surface area contributed by atoms with Crippen LogP contribution in [-0.2, 0) is 10.0 Å². The summed E-state index contributed by atoms with van der Waals surface area (Å²) in [7, 11) is -3.54. The summed E-state index contributed by atoms with van der Waals surface area (Å²) in [4.78, 5) is 0.114. The van der Waals surface area contributed by atoms with Crippen LogP contribution in [0, 0.1) is 11.8 Å². The summed E-state index contributed by atoms with van der Waals surface area (Å²) in [6.45, 7) is 6.54. The number of sulfonamides is 1. The smallest absolute Gasteiger partial charge is 0.211 e. The minimum atomic E-state index is -3.54. The van der Waals surface area contributed by atoms with Crippen LogP contribution in [0.5, 0.6) is 0 Å². The largest absolute Gasteiger partial charge is 0.242 e. The van der Waals surface area contributed by atoms with E-state index in [2.05, 4.69) is 34.5 Å². The highest BCUT2D eigenvalue weighted by Gasteiger charge is 2.19. The van der Waals surface area contributed by atoms with Crippen molar-refractivity contribution in [1.29, 1.82) is 0 Å². The highest BCUT2D eigenvalue weighted by atomic mass is 79.9. The molecule has 0 heterocycles. The van der Waals surface area contributed by atoms with Gasteiger partial charge in [0.25, 0.3) is 0 Å². The van der Waals surface area contributed by atoms with Gasteiger partial charge in [0.2, 0.25) is 10.0 Å². The first-order chi connectivity index (χ1) is 8.24. The fourth-order valence-electron chi connectivity index (χ4n) is 1.25. The van der Waals surface area contributed by atoms with E-state index in [9.17, 15) is 8.42 Å². The molecule has 0 aliphatic heterocycles. The molecule has 0 aliphatic rings. The molecule has 0 fully saturated rings. The second-order valence-corrected chi connectivity index (χ2v) is 7.71. The van der Waals surface area contributed by atoms with E-state index in [4.69, 9.17) is 11.6 Å². The van der Waals surface area contributed by atoms with Gasteiger partial charge in [0.15, 0.2) is 0 Å². The molecule has 0 saturated carbocycles. The molecular weight excluding hydrogens is 338 g/mol. The van der Waals surface area contributed by atoms with Gasteiger partial charge >= 0.3 is 0 Å². The first-order valence-corrected chi connectivity index (χ1v) is 8.34. The van der Waals surface area contributed by atoms with Crippen LogP contribution in [0.3, 0.4) is 0 Å². The van der Waals surface area contributed by atoms with Crippen molar-refractivity contribution in [2.75, 3.05) is 6.54 Å². The van der Waals surface area contributed by atoms with Crippen molar-refractivity contribution in [3.8, 4) is 0 Å². The molecule has 1 rings (SSSR count). The van der Waals surface area contributed by atoms with Gasteiger partial charge in [-0.2, -0.15) is 0 Å². The number of nitrogens with one attached hydrogen (secondary N) is 1. The number of hydrogen-bond acceptors (Lipinski definition) is 2. The van der Waals surface area contributed by atoms with Gasteiger partial charge in [-0.15, -0.1) is 0 Å². The van der Waals surface area contributed by atoms with Crippen molar-refractivity contribution in [3.63, 3.8) is 0 Å². The van der Waals surface area contributed by atoms with Crippen LogP contribution in [0.25, 0.3) is 0 Å². The second kappa shape index (κ2) is 6.37. The lowest BCUT2D eigenvalue weighted by Crippen LogP contribution is -2.30. The molecule has 0 amide bonds. The molecule has 0 spiro atoms. The van der Waals surface area contributed by atoms with Crippen LogP contribution < -0.4 is 4.72 Å². The molecule has 6 heteroatoms. The minimum Gasteiger partial charge on any atom is -0.211 e. The van der Waals surface area contributed by atoms with E-state index in [0.29, 0.717) is 12.5 Å². The van der Waals surface area contributed by atoms with Gasteiger partial charge < -0.3 is 0 Å². The standard InChI is InChI=1S/C12H17BrClNO2S/c1-8(2)9(3)7-15-18(16,17)12-5-4-10(13)6-11(12)14/h4-6,8-9,15H,7H2,1-3H3. The number of halogens is 2. The zero-order valence-corrected chi connectivity index (χ0v) is 13.7. The number of benzene rings is 1. The zero-order chi connectivity index (χ0) is 13.9. The summed E-state index contributed by atoms with van der Waals surface area (Å²) < 4.78 is 27.5.